The summed E-state index contributed by atoms with van der Waals surface area (Å²) in [7, 11) is 0. The summed E-state index contributed by atoms with van der Waals surface area (Å²) in [6.07, 6.45) is 2.75. The minimum atomic E-state index is 0.660. The van der Waals surface area contributed by atoms with Crippen molar-refractivity contribution < 1.29 is 0 Å². The molecule has 102 valence electrons. The number of hydrogen-bond acceptors (Lipinski definition) is 3. The van der Waals surface area contributed by atoms with E-state index < -0.39 is 0 Å². The molecule has 3 rings (SSSR count). The van der Waals surface area contributed by atoms with Gasteiger partial charge < -0.3 is 5.32 Å². The number of benzene rings is 1. The van der Waals surface area contributed by atoms with Crippen molar-refractivity contribution in [2.75, 3.05) is 19.6 Å². The summed E-state index contributed by atoms with van der Waals surface area (Å²) >= 11 is 1.85. The lowest BCUT2D eigenvalue weighted by atomic mass is 10.2. The van der Waals surface area contributed by atoms with Crippen LogP contribution in [0.25, 0.3) is 10.1 Å². The van der Waals surface area contributed by atoms with Crippen LogP contribution in [0.2, 0.25) is 0 Å². The molecule has 0 aliphatic carbocycles. The second-order valence-electron chi connectivity index (χ2n) is 5.48. The molecule has 1 aliphatic rings. The second kappa shape index (κ2) is 6.04. The lowest BCUT2D eigenvalue weighted by Crippen LogP contribution is -2.38. The maximum absolute atomic E-state index is 3.62. The Morgan fingerprint density at radius 2 is 2.05 bits per heavy atom. The number of fused-ring (bicyclic) bond motifs is 1. The van der Waals surface area contributed by atoms with Gasteiger partial charge in [-0.2, -0.15) is 0 Å². The summed E-state index contributed by atoms with van der Waals surface area (Å²) < 4.78 is 1.40. The van der Waals surface area contributed by atoms with Crippen molar-refractivity contribution in [1.29, 1.82) is 0 Å². The van der Waals surface area contributed by atoms with E-state index in [1.807, 2.05) is 11.3 Å². The van der Waals surface area contributed by atoms with Crippen LogP contribution < -0.4 is 5.32 Å². The van der Waals surface area contributed by atoms with E-state index in [0.29, 0.717) is 6.04 Å². The summed E-state index contributed by atoms with van der Waals surface area (Å²) in [4.78, 5) is 2.60. The van der Waals surface area contributed by atoms with Crippen molar-refractivity contribution >= 4 is 21.4 Å². The highest BCUT2D eigenvalue weighted by Crippen LogP contribution is 2.25. The zero-order chi connectivity index (χ0) is 13.1. The minimum Gasteiger partial charge on any atom is -0.311 e. The Labute approximate surface area is 119 Å². The molecule has 2 heterocycles. The fourth-order valence-corrected chi connectivity index (χ4v) is 3.86. The van der Waals surface area contributed by atoms with E-state index in [9.17, 15) is 0 Å². The van der Waals surface area contributed by atoms with Gasteiger partial charge in [0.15, 0.2) is 0 Å². The Hall–Kier alpha value is -0.900. The van der Waals surface area contributed by atoms with Gasteiger partial charge in [0.25, 0.3) is 0 Å². The van der Waals surface area contributed by atoms with Crippen molar-refractivity contribution in [2.45, 2.75) is 32.4 Å². The molecule has 1 aromatic carbocycles. The molecular weight excluding hydrogens is 252 g/mol. The molecule has 1 N–H and O–H groups in total. The highest BCUT2D eigenvalue weighted by atomic mass is 32.1. The molecule has 0 saturated carbocycles. The molecule has 1 saturated heterocycles. The van der Waals surface area contributed by atoms with Gasteiger partial charge in [0.05, 0.1) is 0 Å². The zero-order valence-corrected chi connectivity index (χ0v) is 12.4. The predicted molar refractivity (Wildman–Crippen MR) is 83.8 cm³/mol. The smallest absolute Gasteiger partial charge is 0.0346 e. The summed E-state index contributed by atoms with van der Waals surface area (Å²) in [6.45, 7) is 6.98. The highest BCUT2D eigenvalue weighted by molar-refractivity contribution is 7.17. The van der Waals surface area contributed by atoms with E-state index in [-0.39, 0.29) is 0 Å². The third-order valence-corrected chi connectivity index (χ3v) is 5.09. The predicted octanol–water partition coefficient (Wildman–Crippen LogP) is 3.48. The Balaban J connectivity index is 1.54. The van der Waals surface area contributed by atoms with E-state index in [2.05, 4.69) is 46.8 Å². The molecule has 0 amide bonds. The number of nitrogens with one attached hydrogen (secondary N) is 1. The maximum Gasteiger partial charge on any atom is 0.0346 e. The molecule has 0 bridgehead atoms. The van der Waals surface area contributed by atoms with Gasteiger partial charge in [-0.25, -0.2) is 0 Å². The van der Waals surface area contributed by atoms with Crippen LogP contribution in [0.4, 0.5) is 0 Å². The van der Waals surface area contributed by atoms with Crippen LogP contribution in [0.3, 0.4) is 0 Å². The van der Waals surface area contributed by atoms with Crippen LogP contribution in [0.1, 0.15) is 25.3 Å². The number of thiophene rings is 1. The van der Waals surface area contributed by atoms with Gasteiger partial charge in [-0.15, -0.1) is 11.3 Å². The van der Waals surface area contributed by atoms with Gasteiger partial charge in [0.2, 0.25) is 0 Å². The van der Waals surface area contributed by atoms with Crippen LogP contribution in [-0.4, -0.2) is 30.6 Å². The SMILES string of the molecule is CC(CNCc1csc2ccccc12)N1CCCC1. The largest absolute Gasteiger partial charge is 0.311 e. The van der Waals surface area contributed by atoms with Crippen molar-refractivity contribution in [3.8, 4) is 0 Å². The molecule has 1 atom stereocenters. The lowest BCUT2D eigenvalue weighted by Gasteiger charge is -2.23. The first-order valence-electron chi connectivity index (χ1n) is 7.24. The molecule has 1 fully saturated rings. The van der Waals surface area contributed by atoms with Gasteiger partial charge in [-0.1, -0.05) is 18.2 Å². The molecule has 0 spiro atoms. The van der Waals surface area contributed by atoms with Gasteiger partial charge in [-0.3, -0.25) is 4.90 Å². The van der Waals surface area contributed by atoms with E-state index in [4.69, 9.17) is 0 Å². The standard InChI is InChI=1S/C16H22N2S/c1-13(18-8-4-5-9-18)10-17-11-14-12-19-16-7-3-2-6-15(14)16/h2-3,6-7,12-13,17H,4-5,8-11H2,1H3. The molecule has 1 unspecified atom stereocenters. The topological polar surface area (TPSA) is 15.3 Å². The van der Waals surface area contributed by atoms with E-state index in [1.165, 1.54) is 41.6 Å². The van der Waals surface area contributed by atoms with Crippen LogP contribution in [-0.2, 0) is 6.54 Å². The summed E-state index contributed by atoms with van der Waals surface area (Å²) in [5.74, 6) is 0. The Morgan fingerprint density at radius 3 is 2.89 bits per heavy atom. The Morgan fingerprint density at radius 1 is 1.26 bits per heavy atom. The molecule has 3 heteroatoms. The quantitative estimate of drug-likeness (QED) is 0.898. The molecule has 1 aliphatic heterocycles. The summed E-state index contributed by atoms with van der Waals surface area (Å²) in [5.41, 5.74) is 1.44. The number of hydrogen-bond donors (Lipinski definition) is 1. The fraction of sp³-hybridized carbons (Fsp3) is 0.500. The minimum absolute atomic E-state index is 0.660. The molecule has 0 radical (unpaired) electrons. The van der Waals surface area contributed by atoms with Gasteiger partial charge in [0.1, 0.15) is 0 Å². The monoisotopic (exact) mass is 274 g/mol. The normalized spacial score (nSPS) is 18.2. The number of likely N-dealkylation sites (tertiary alicyclic amines) is 1. The van der Waals surface area contributed by atoms with Gasteiger partial charge >= 0.3 is 0 Å². The third kappa shape index (κ3) is 2.99. The average molecular weight is 274 g/mol. The number of nitrogens with zero attached hydrogens (tertiary/aromatic N) is 1. The Bertz CT molecular complexity index is 528. The van der Waals surface area contributed by atoms with Gasteiger partial charge in [0, 0.05) is 23.8 Å². The highest BCUT2D eigenvalue weighted by Gasteiger charge is 2.17. The lowest BCUT2D eigenvalue weighted by molar-refractivity contribution is 0.252. The average Bonchev–Trinajstić information content (AvgIpc) is 3.08. The molecule has 19 heavy (non-hydrogen) atoms. The molecule has 1 aromatic heterocycles. The van der Waals surface area contributed by atoms with E-state index in [0.717, 1.165) is 13.1 Å². The van der Waals surface area contributed by atoms with Crippen molar-refractivity contribution in [3.05, 3.63) is 35.2 Å². The first-order chi connectivity index (χ1) is 9.34. The zero-order valence-electron chi connectivity index (χ0n) is 11.6. The van der Waals surface area contributed by atoms with E-state index in [1.54, 1.807) is 0 Å². The van der Waals surface area contributed by atoms with Crippen LogP contribution in [0, 0.1) is 0 Å². The first kappa shape index (κ1) is 13.1. The fourth-order valence-electron chi connectivity index (χ4n) is 2.90. The van der Waals surface area contributed by atoms with Crippen LogP contribution in [0.5, 0.6) is 0 Å². The molecular formula is C16H22N2S. The maximum atomic E-state index is 3.62. The number of rotatable bonds is 5. The van der Waals surface area contributed by atoms with Crippen molar-refractivity contribution in [3.63, 3.8) is 0 Å². The molecule has 2 aromatic rings. The van der Waals surface area contributed by atoms with Crippen LogP contribution in [0.15, 0.2) is 29.6 Å². The van der Waals surface area contributed by atoms with E-state index >= 15 is 0 Å². The summed E-state index contributed by atoms with van der Waals surface area (Å²) in [5, 5.41) is 7.32. The van der Waals surface area contributed by atoms with Crippen molar-refractivity contribution in [2.24, 2.45) is 0 Å². The third-order valence-electron chi connectivity index (χ3n) is 4.08. The second-order valence-corrected chi connectivity index (χ2v) is 6.39. The summed E-state index contributed by atoms with van der Waals surface area (Å²) in [6, 6.07) is 9.34. The van der Waals surface area contributed by atoms with Gasteiger partial charge in [-0.05, 0) is 55.3 Å². The Kier molecular flexibility index (Phi) is 4.16. The van der Waals surface area contributed by atoms with Crippen LogP contribution >= 0.6 is 11.3 Å². The van der Waals surface area contributed by atoms with Crippen molar-refractivity contribution in [1.82, 2.24) is 10.2 Å². The molecule has 2 nitrogen and oxygen atoms in total. The first-order valence-corrected chi connectivity index (χ1v) is 8.12.